The van der Waals surface area contributed by atoms with Gasteiger partial charge in [0.05, 0.1) is 18.0 Å². The van der Waals surface area contributed by atoms with Gasteiger partial charge in [-0.3, -0.25) is 20.0 Å². The highest BCUT2D eigenvalue weighted by atomic mass is 19.3. The molecular weight excluding hydrogens is 532 g/mol. The molecule has 1 saturated carbocycles. The molecule has 1 aliphatic carbocycles. The van der Waals surface area contributed by atoms with Crippen LogP contribution in [0.4, 0.5) is 19.4 Å². The lowest BCUT2D eigenvalue weighted by Crippen LogP contribution is -2.50. The van der Waals surface area contributed by atoms with Crippen molar-refractivity contribution in [3.63, 3.8) is 0 Å². The van der Waals surface area contributed by atoms with Gasteiger partial charge in [-0.25, -0.2) is 18.3 Å². The summed E-state index contributed by atoms with van der Waals surface area (Å²) in [5.41, 5.74) is 2.71. The molecule has 0 spiro atoms. The Bertz CT molecular complexity index is 1390. The standard InChI is InChI=1S/C29H35F2N7O3/c1-18-16-37(11-12-41-3)17-24(18)34-28(40)35-26-19(2)25(36-38(26)22-7-5-4-6-8-22)20-9-10-32-23(13-20)27(39)33-21-14-29(30,31)15-21/h4-10,13,18,21,24H,11-12,14-17H2,1-3H3,(H,33,39)(H2,34,35,40)/t18-,24-/m1/s1. The zero-order valence-corrected chi connectivity index (χ0v) is 23.4. The van der Waals surface area contributed by atoms with Crippen LogP contribution in [0, 0.1) is 12.8 Å². The second kappa shape index (κ2) is 11.9. The minimum Gasteiger partial charge on any atom is -0.383 e. The summed E-state index contributed by atoms with van der Waals surface area (Å²) < 4.78 is 33.3. The number of pyridine rings is 1. The van der Waals surface area contributed by atoms with Crippen LogP contribution in [0.5, 0.6) is 0 Å². The molecule has 1 aliphatic heterocycles. The molecular formula is C29H35F2N7O3. The first-order valence-electron chi connectivity index (χ1n) is 13.7. The van der Waals surface area contributed by atoms with E-state index in [4.69, 9.17) is 9.84 Å². The molecule has 218 valence electrons. The van der Waals surface area contributed by atoms with E-state index < -0.39 is 17.9 Å². The third kappa shape index (κ3) is 6.54. The summed E-state index contributed by atoms with van der Waals surface area (Å²) >= 11 is 0. The van der Waals surface area contributed by atoms with Gasteiger partial charge in [-0.05, 0) is 37.1 Å². The molecule has 41 heavy (non-hydrogen) atoms. The van der Waals surface area contributed by atoms with E-state index in [2.05, 4.69) is 32.8 Å². The number of halogens is 2. The van der Waals surface area contributed by atoms with Gasteiger partial charge in [0.1, 0.15) is 11.5 Å². The summed E-state index contributed by atoms with van der Waals surface area (Å²) in [5.74, 6) is -2.48. The van der Waals surface area contributed by atoms with E-state index >= 15 is 0 Å². The normalized spacial score (nSPS) is 20.4. The van der Waals surface area contributed by atoms with Crippen molar-refractivity contribution in [2.45, 2.75) is 44.7 Å². The van der Waals surface area contributed by atoms with Crippen molar-refractivity contribution in [3.8, 4) is 16.9 Å². The molecule has 1 aromatic carbocycles. The SMILES string of the molecule is COCCN1C[C@@H](C)[C@H](NC(=O)Nc2c(C)c(-c3ccnc(C(=O)NC4CC(F)(F)C4)c3)nn2-c2ccccc2)C1. The van der Waals surface area contributed by atoms with Crippen molar-refractivity contribution in [1.29, 1.82) is 0 Å². The van der Waals surface area contributed by atoms with Crippen molar-refractivity contribution < 1.29 is 23.1 Å². The molecule has 3 N–H and O–H groups in total. The Balaban J connectivity index is 1.37. The number of alkyl halides is 2. The van der Waals surface area contributed by atoms with Gasteiger partial charge in [-0.2, -0.15) is 5.10 Å². The fourth-order valence-corrected chi connectivity index (χ4v) is 5.37. The van der Waals surface area contributed by atoms with E-state index in [1.165, 1.54) is 6.20 Å². The number of nitrogens with zero attached hydrogens (tertiary/aromatic N) is 4. The molecule has 1 saturated heterocycles. The predicted octanol–water partition coefficient (Wildman–Crippen LogP) is 3.86. The number of anilines is 1. The number of para-hydroxylation sites is 1. The number of rotatable bonds is 9. The van der Waals surface area contributed by atoms with Crippen LogP contribution in [-0.4, -0.2) is 83.0 Å². The second-order valence-electron chi connectivity index (χ2n) is 10.9. The largest absolute Gasteiger partial charge is 0.383 e. The number of urea groups is 1. The van der Waals surface area contributed by atoms with Gasteiger partial charge in [0.25, 0.3) is 11.8 Å². The van der Waals surface area contributed by atoms with Crippen molar-refractivity contribution in [3.05, 3.63) is 59.9 Å². The maximum absolute atomic E-state index is 13.2. The Morgan fingerprint density at radius 1 is 1.12 bits per heavy atom. The summed E-state index contributed by atoms with van der Waals surface area (Å²) in [5, 5.41) is 13.5. The molecule has 3 aromatic rings. The van der Waals surface area contributed by atoms with Gasteiger partial charge in [0.15, 0.2) is 0 Å². The molecule has 2 aromatic heterocycles. The van der Waals surface area contributed by atoms with Crippen molar-refractivity contribution >= 4 is 17.8 Å². The second-order valence-corrected chi connectivity index (χ2v) is 10.9. The van der Waals surface area contributed by atoms with Gasteiger partial charge in [0, 0.05) is 69.0 Å². The Morgan fingerprint density at radius 2 is 1.88 bits per heavy atom. The van der Waals surface area contributed by atoms with Crippen molar-refractivity contribution in [2.24, 2.45) is 5.92 Å². The zero-order chi connectivity index (χ0) is 29.1. The number of methoxy groups -OCH3 is 1. The van der Waals surface area contributed by atoms with Crippen LogP contribution in [0.1, 0.15) is 35.8 Å². The first kappa shape index (κ1) is 28.6. The lowest BCUT2D eigenvalue weighted by atomic mass is 9.88. The maximum atomic E-state index is 13.2. The van der Waals surface area contributed by atoms with Crippen molar-refractivity contribution in [2.75, 3.05) is 38.7 Å². The van der Waals surface area contributed by atoms with Crippen LogP contribution in [0.15, 0.2) is 48.7 Å². The number of amides is 3. The Kier molecular flexibility index (Phi) is 8.32. The van der Waals surface area contributed by atoms with Crippen LogP contribution < -0.4 is 16.0 Å². The van der Waals surface area contributed by atoms with E-state index in [0.29, 0.717) is 29.2 Å². The number of hydrogen-bond donors (Lipinski definition) is 3. The first-order chi connectivity index (χ1) is 19.6. The highest BCUT2D eigenvalue weighted by Gasteiger charge is 2.46. The molecule has 3 amide bonds. The molecule has 0 radical (unpaired) electrons. The molecule has 10 nitrogen and oxygen atoms in total. The summed E-state index contributed by atoms with van der Waals surface area (Å²) in [6, 6.07) is 11.8. The van der Waals surface area contributed by atoms with Gasteiger partial charge in [-0.1, -0.05) is 25.1 Å². The lowest BCUT2D eigenvalue weighted by Gasteiger charge is -2.35. The number of aromatic nitrogens is 3. The van der Waals surface area contributed by atoms with Crippen LogP contribution in [0.3, 0.4) is 0 Å². The third-order valence-corrected chi connectivity index (χ3v) is 7.66. The number of carbonyl (C=O) groups excluding carboxylic acids is 2. The predicted molar refractivity (Wildman–Crippen MR) is 150 cm³/mol. The van der Waals surface area contributed by atoms with E-state index in [1.807, 2.05) is 37.3 Å². The van der Waals surface area contributed by atoms with E-state index in [-0.39, 0.29) is 36.5 Å². The molecule has 2 fully saturated rings. The van der Waals surface area contributed by atoms with Gasteiger partial charge < -0.3 is 15.4 Å². The van der Waals surface area contributed by atoms with Crippen LogP contribution in [0.2, 0.25) is 0 Å². The quantitative estimate of drug-likeness (QED) is 0.362. The number of nitrogens with one attached hydrogen (secondary N) is 3. The molecule has 3 heterocycles. The molecule has 2 aliphatic rings. The Hall–Kier alpha value is -3.90. The van der Waals surface area contributed by atoms with Gasteiger partial charge in [0.2, 0.25) is 0 Å². The first-order valence-corrected chi connectivity index (χ1v) is 13.7. The molecule has 5 rings (SSSR count). The van der Waals surface area contributed by atoms with Crippen molar-refractivity contribution in [1.82, 2.24) is 30.3 Å². The fraction of sp³-hybridized carbons (Fsp3) is 0.448. The minimum absolute atomic E-state index is 0.0170. The third-order valence-electron chi connectivity index (χ3n) is 7.66. The Morgan fingerprint density at radius 3 is 2.59 bits per heavy atom. The molecule has 12 heteroatoms. The molecule has 2 atom stereocenters. The number of benzene rings is 1. The number of ether oxygens (including phenoxy) is 1. The van der Waals surface area contributed by atoms with E-state index in [0.717, 1.165) is 25.3 Å². The average molecular weight is 568 g/mol. The summed E-state index contributed by atoms with van der Waals surface area (Å²) in [4.78, 5) is 32.3. The van der Waals surface area contributed by atoms with Gasteiger partial charge in [-0.15, -0.1) is 0 Å². The topological polar surface area (TPSA) is 113 Å². The number of carbonyl (C=O) groups is 2. The molecule has 0 bridgehead atoms. The highest BCUT2D eigenvalue weighted by Crippen LogP contribution is 2.37. The maximum Gasteiger partial charge on any atom is 0.320 e. The number of hydrogen-bond acceptors (Lipinski definition) is 6. The van der Waals surface area contributed by atoms with Gasteiger partial charge >= 0.3 is 6.03 Å². The monoisotopic (exact) mass is 567 g/mol. The zero-order valence-electron chi connectivity index (χ0n) is 23.4. The fourth-order valence-electron chi connectivity index (χ4n) is 5.37. The smallest absolute Gasteiger partial charge is 0.320 e. The van der Waals surface area contributed by atoms with Crippen LogP contribution >= 0.6 is 0 Å². The summed E-state index contributed by atoms with van der Waals surface area (Å²) in [6.45, 7) is 7.02. The van der Waals surface area contributed by atoms with E-state index in [1.54, 1.807) is 23.9 Å². The van der Waals surface area contributed by atoms with Crippen LogP contribution in [-0.2, 0) is 4.74 Å². The average Bonchev–Trinajstić information content (AvgIpc) is 3.45. The lowest BCUT2D eigenvalue weighted by molar-refractivity contribution is -0.0901. The highest BCUT2D eigenvalue weighted by molar-refractivity contribution is 5.94. The van der Waals surface area contributed by atoms with E-state index in [9.17, 15) is 18.4 Å². The van der Waals surface area contributed by atoms with Crippen LogP contribution in [0.25, 0.3) is 16.9 Å². The molecule has 0 unspecified atom stereocenters. The minimum atomic E-state index is -2.73. The Labute approximate surface area is 237 Å². The summed E-state index contributed by atoms with van der Waals surface area (Å²) in [7, 11) is 1.68. The summed E-state index contributed by atoms with van der Waals surface area (Å²) in [6.07, 6.45) is 0.735. The number of likely N-dealkylation sites (tertiary alicyclic amines) is 1.